The van der Waals surface area contributed by atoms with Gasteiger partial charge < -0.3 is 20.3 Å². The van der Waals surface area contributed by atoms with Gasteiger partial charge in [0, 0.05) is 12.8 Å². The van der Waals surface area contributed by atoms with E-state index in [-0.39, 0.29) is 18.5 Å². The van der Waals surface area contributed by atoms with Gasteiger partial charge in [0.1, 0.15) is 0 Å². The summed E-state index contributed by atoms with van der Waals surface area (Å²) < 4.78 is 5.49. The zero-order valence-corrected chi connectivity index (χ0v) is 47.7. The van der Waals surface area contributed by atoms with Crippen LogP contribution in [0.5, 0.6) is 0 Å². The van der Waals surface area contributed by atoms with Gasteiger partial charge in [-0.05, 0) is 64.2 Å². The second-order valence-corrected chi connectivity index (χ2v) is 21.7. The summed E-state index contributed by atoms with van der Waals surface area (Å²) in [6.07, 6.45) is 76.0. The fourth-order valence-corrected chi connectivity index (χ4v) is 9.78. The fraction of sp³-hybridized carbons (Fsp3) is 0.877. The topological polar surface area (TPSA) is 95.9 Å². The second kappa shape index (κ2) is 60.6. The van der Waals surface area contributed by atoms with Crippen LogP contribution in [0.2, 0.25) is 0 Å². The molecule has 0 saturated carbocycles. The van der Waals surface area contributed by atoms with Gasteiger partial charge in [-0.1, -0.05) is 301 Å². The summed E-state index contributed by atoms with van der Waals surface area (Å²) in [6.45, 7) is 4.88. The molecule has 0 aromatic carbocycles. The van der Waals surface area contributed by atoms with E-state index in [0.29, 0.717) is 19.4 Å². The van der Waals surface area contributed by atoms with Crippen molar-refractivity contribution in [2.75, 3.05) is 13.2 Å². The highest BCUT2D eigenvalue weighted by Gasteiger charge is 2.18. The number of unbranched alkanes of at least 4 members (excludes halogenated alkanes) is 44. The van der Waals surface area contributed by atoms with Crippen LogP contribution in [0.4, 0.5) is 0 Å². The Kier molecular flexibility index (Phi) is 59.0. The maximum atomic E-state index is 12.5. The number of hydrogen-bond acceptors (Lipinski definition) is 5. The lowest BCUT2D eigenvalue weighted by molar-refractivity contribution is -0.143. The van der Waals surface area contributed by atoms with Gasteiger partial charge in [0.05, 0.1) is 25.4 Å². The number of esters is 1. The Balaban J connectivity index is 3.46. The third-order valence-electron chi connectivity index (χ3n) is 14.7. The number of ether oxygens (including phenoxy) is 1. The van der Waals surface area contributed by atoms with Gasteiger partial charge in [-0.2, -0.15) is 0 Å². The Hall–Kier alpha value is -1.92. The standard InChI is InChI=1S/C65H123NO5/c1-3-5-7-9-11-13-15-17-19-21-23-24-26-27-29-33-37-41-45-49-53-57-63(68)62(61-67)66-64(69)58-54-50-46-42-38-34-31-32-36-40-44-48-52-56-60-71-65(70)59-55-51-47-43-39-35-30-28-25-22-20-18-16-14-12-10-8-6-4-2/h12,14,18,20,53,57,62-63,67-68H,3-11,13,15-17,19,21-52,54-56,58-61H2,1-2H3,(H,66,69)/b14-12-,20-18-,57-53+. The molecule has 0 fully saturated rings. The van der Waals surface area contributed by atoms with Gasteiger partial charge in [0.2, 0.25) is 5.91 Å². The lowest BCUT2D eigenvalue weighted by Gasteiger charge is -2.20. The third kappa shape index (κ3) is 57.2. The van der Waals surface area contributed by atoms with Crippen molar-refractivity contribution in [3.05, 3.63) is 36.5 Å². The highest BCUT2D eigenvalue weighted by molar-refractivity contribution is 5.76. The van der Waals surface area contributed by atoms with Gasteiger partial charge >= 0.3 is 5.97 Å². The van der Waals surface area contributed by atoms with Crippen molar-refractivity contribution >= 4 is 11.9 Å². The van der Waals surface area contributed by atoms with Crippen LogP contribution in [0.25, 0.3) is 0 Å². The number of aliphatic hydroxyl groups excluding tert-OH is 2. The molecule has 6 heteroatoms. The lowest BCUT2D eigenvalue weighted by Crippen LogP contribution is -2.45. The number of nitrogens with one attached hydrogen (secondary N) is 1. The Morgan fingerprint density at radius 1 is 0.394 bits per heavy atom. The van der Waals surface area contributed by atoms with E-state index in [1.54, 1.807) is 6.08 Å². The number of carbonyl (C=O) groups is 2. The predicted molar refractivity (Wildman–Crippen MR) is 310 cm³/mol. The third-order valence-corrected chi connectivity index (χ3v) is 14.7. The molecule has 0 spiro atoms. The van der Waals surface area contributed by atoms with Gasteiger partial charge in [0.25, 0.3) is 0 Å². The van der Waals surface area contributed by atoms with E-state index in [1.807, 2.05) is 6.08 Å². The molecule has 0 aromatic heterocycles. The summed E-state index contributed by atoms with van der Waals surface area (Å²) >= 11 is 0. The van der Waals surface area contributed by atoms with Gasteiger partial charge in [-0.15, -0.1) is 0 Å². The molecule has 2 unspecified atom stereocenters. The van der Waals surface area contributed by atoms with Gasteiger partial charge in [-0.25, -0.2) is 0 Å². The molecule has 0 saturated heterocycles. The molecule has 0 bridgehead atoms. The first-order valence-corrected chi connectivity index (χ1v) is 31.8. The second-order valence-electron chi connectivity index (χ2n) is 21.7. The number of allylic oxidation sites excluding steroid dienone is 5. The monoisotopic (exact) mass is 998 g/mol. The Bertz CT molecular complexity index is 1150. The van der Waals surface area contributed by atoms with Crippen LogP contribution >= 0.6 is 0 Å². The maximum absolute atomic E-state index is 12.5. The van der Waals surface area contributed by atoms with E-state index in [4.69, 9.17) is 4.74 Å². The SMILES string of the molecule is CCCCC/C=C\C/C=C\CCCCCCCCCCCC(=O)OCCCCCCCCCCCCCCCCC(=O)NC(CO)C(O)/C=C/CCCCCCCCCCCCCCCCCCCCC. The zero-order valence-electron chi connectivity index (χ0n) is 47.7. The van der Waals surface area contributed by atoms with Gasteiger partial charge in [-0.3, -0.25) is 9.59 Å². The largest absolute Gasteiger partial charge is 0.466 e. The number of amides is 1. The van der Waals surface area contributed by atoms with Crippen molar-refractivity contribution in [2.45, 2.75) is 353 Å². The summed E-state index contributed by atoms with van der Waals surface area (Å²) in [5.41, 5.74) is 0. The van der Waals surface area contributed by atoms with Crippen molar-refractivity contribution in [3.8, 4) is 0 Å². The molecule has 418 valence electrons. The first-order chi connectivity index (χ1) is 35.0. The Labute approximate surface area is 443 Å². The number of carbonyl (C=O) groups excluding carboxylic acids is 2. The summed E-state index contributed by atoms with van der Waals surface area (Å²) in [4.78, 5) is 24.6. The number of aliphatic hydroxyl groups is 2. The van der Waals surface area contributed by atoms with Crippen molar-refractivity contribution in [2.24, 2.45) is 0 Å². The first kappa shape index (κ1) is 69.1. The minimum Gasteiger partial charge on any atom is -0.466 e. The first-order valence-electron chi connectivity index (χ1n) is 31.8. The molecule has 6 nitrogen and oxygen atoms in total. The highest BCUT2D eigenvalue weighted by atomic mass is 16.5. The molecule has 0 aliphatic heterocycles. The van der Waals surface area contributed by atoms with Crippen molar-refractivity contribution < 1.29 is 24.5 Å². The molecule has 3 N–H and O–H groups in total. The molecule has 1 amide bonds. The fourth-order valence-electron chi connectivity index (χ4n) is 9.78. The van der Waals surface area contributed by atoms with E-state index < -0.39 is 12.1 Å². The molecule has 0 radical (unpaired) electrons. The average molecular weight is 999 g/mol. The van der Waals surface area contributed by atoms with Crippen LogP contribution in [0.1, 0.15) is 341 Å². The van der Waals surface area contributed by atoms with Crippen molar-refractivity contribution in [3.63, 3.8) is 0 Å². The quantitative estimate of drug-likeness (QED) is 0.0321. The van der Waals surface area contributed by atoms with Crippen LogP contribution in [-0.2, 0) is 14.3 Å². The number of rotatable bonds is 59. The zero-order chi connectivity index (χ0) is 51.4. The molecule has 0 aromatic rings. The van der Waals surface area contributed by atoms with Crippen molar-refractivity contribution in [1.82, 2.24) is 5.32 Å². The molecule has 0 rings (SSSR count). The number of hydrogen-bond donors (Lipinski definition) is 3. The van der Waals surface area contributed by atoms with Crippen LogP contribution in [0.3, 0.4) is 0 Å². The summed E-state index contributed by atoms with van der Waals surface area (Å²) in [6, 6.07) is -0.638. The Morgan fingerprint density at radius 2 is 0.704 bits per heavy atom. The minimum atomic E-state index is -0.853. The average Bonchev–Trinajstić information content (AvgIpc) is 3.37. The summed E-state index contributed by atoms with van der Waals surface area (Å²) in [5.74, 6) is -0.0825. The molecule has 0 aliphatic carbocycles. The lowest BCUT2D eigenvalue weighted by atomic mass is 10.0. The molecule has 2 atom stereocenters. The molecule has 0 heterocycles. The molecular formula is C65H123NO5. The minimum absolute atomic E-state index is 0.00666. The highest BCUT2D eigenvalue weighted by Crippen LogP contribution is 2.17. The normalized spacial score (nSPS) is 12.8. The maximum Gasteiger partial charge on any atom is 0.305 e. The van der Waals surface area contributed by atoms with E-state index in [9.17, 15) is 19.8 Å². The van der Waals surface area contributed by atoms with Crippen LogP contribution in [0, 0.1) is 0 Å². The predicted octanol–water partition coefficient (Wildman–Crippen LogP) is 20.0. The molecule has 0 aliphatic rings. The van der Waals surface area contributed by atoms with Gasteiger partial charge in [0.15, 0.2) is 0 Å². The summed E-state index contributed by atoms with van der Waals surface area (Å²) in [5, 5.41) is 23.2. The smallest absolute Gasteiger partial charge is 0.305 e. The van der Waals surface area contributed by atoms with E-state index in [2.05, 4.69) is 43.5 Å². The summed E-state index contributed by atoms with van der Waals surface area (Å²) in [7, 11) is 0. The van der Waals surface area contributed by atoms with E-state index in [0.717, 1.165) is 64.2 Å². The van der Waals surface area contributed by atoms with Crippen LogP contribution < -0.4 is 5.32 Å². The van der Waals surface area contributed by atoms with Crippen LogP contribution in [0.15, 0.2) is 36.5 Å². The van der Waals surface area contributed by atoms with Crippen molar-refractivity contribution in [1.29, 1.82) is 0 Å². The molecular weight excluding hydrogens is 875 g/mol. The molecule has 71 heavy (non-hydrogen) atoms. The van der Waals surface area contributed by atoms with E-state index in [1.165, 1.54) is 250 Å². The Morgan fingerprint density at radius 3 is 1.10 bits per heavy atom. The van der Waals surface area contributed by atoms with Crippen LogP contribution in [-0.4, -0.2) is 47.4 Å². The van der Waals surface area contributed by atoms with E-state index >= 15 is 0 Å².